The number of carbonyl (C=O) groups is 2. The van der Waals surface area contributed by atoms with Crippen molar-refractivity contribution in [1.29, 1.82) is 0 Å². The first kappa shape index (κ1) is 12.0. The zero-order chi connectivity index (χ0) is 12.0. The topological polar surface area (TPSA) is 69.4 Å². The van der Waals surface area contributed by atoms with Gasteiger partial charge < -0.3 is 10.5 Å². The molecular weight excluding hydrogens is 206 g/mol. The van der Waals surface area contributed by atoms with Crippen LogP contribution in [0.15, 0.2) is 36.4 Å². The first-order chi connectivity index (χ1) is 7.59. The third kappa shape index (κ3) is 3.96. The van der Waals surface area contributed by atoms with Crippen LogP contribution in [-0.4, -0.2) is 18.0 Å². The van der Waals surface area contributed by atoms with Crippen molar-refractivity contribution in [2.45, 2.75) is 13.0 Å². The Bertz CT molecular complexity index is 398. The molecule has 4 nitrogen and oxygen atoms in total. The quantitative estimate of drug-likeness (QED) is 0.771. The zero-order valence-corrected chi connectivity index (χ0v) is 8.92. The van der Waals surface area contributed by atoms with Crippen LogP contribution in [0.4, 0.5) is 0 Å². The minimum Gasteiger partial charge on any atom is -0.448 e. The van der Waals surface area contributed by atoms with Gasteiger partial charge in [0.2, 0.25) is 0 Å². The van der Waals surface area contributed by atoms with E-state index in [0.717, 1.165) is 5.56 Å². The number of rotatable bonds is 4. The van der Waals surface area contributed by atoms with E-state index in [-0.39, 0.29) is 0 Å². The van der Waals surface area contributed by atoms with E-state index in [2.05, 4.69) is 0 Å². The molecule has 1 amide bonds. The van der Waals surface area contributed by atoms with Gasteiger partial charge in [0.05, 0.1) is 0 Å². The van der Waals surface area contributed by atoms with Gasteiger partial charge >= 0.3 is 5.97 Å². The van der Waals surface area contributed by atoms with E-state index < -0.39 is 18.0 Å². The average molecular weight is 219 g/mol. The fourth-order valence-corrected chi connectivity index (χ4v) is 1.13. The summed E-state index contributed by atoms with van der Waals surface area (Å²) < 4.78 is 4.73. The van der Waals surface area contributed by atoms with Gasteiger partial charge in [-0.25, -0.2) is 0 Å². The molecule has 4 heteroatoms. The van der Waals surface area contributed by atoms with Crippen LogP contribution in [0, 0.1) is 0 Å². The predicted octanol–water partition coefficient (Wildman–Crippen LogP) is 1.12. The molecule has 84 valence electrons. The Kier molecular flexibility index (Phi) is 4.27. The maximum Gasteiger partial charge on any atom is 0.303 e. The molecule has 0 aliphatic rings. The van der Waals surface area contributed by atoms with Crippen molar-refractivity contribution < 1.29 is 14.3 Å². The Morgan fingerprint density at radius 1 is 1.31 bits per heavy atom. The molecule has 1 aromatic rings. The standard InChI is InChI=1S/C12H13NO3/c1-9(14)16-11(12(13)15)8-7-10-5-3-2-4-6-10/h2-8,11H,1H3,(H2,13,15)/t11-/m1/s1. The molecule has 0 radical (unpaired) electrons. The van der Waals surface area contributed by atoms with Crippen LogP contribution < -0.4 is 5.73 Å². The van der Waals surface area contributed by atoms with Gasteiger partial charge in [0.1, 0.15) is 0 Å². The van der Waals surface area contributed by atoms with Gasteiger partial charge in [0.25, 0.3) is 5.91 Å². The molecule has 1 atom stereocenters. The van der Waals surface area contributed by atoms with Gasteiger partial charge in [0.15, 0.2) is 6.10 Å². The molecule has 0 fully saturated rings. The van der Waals surface area contributed by atoms with Crippen LogP contribution in [-0.2, 0) is 14.3 Å². The van der Waals surface area contributed by atoms with Crippen LogP contribution >= 0.6 is 0 Å². The summed E-state index contributed by atoms with van der Waals surface area (Å²) in [5.74, 6) is -1.23. The van der Waals surface area contributed by atoms with Crippen LogP contribution in [0.2, 0.25) is 0 Å². The summed E-state index contributed by atoms with van der Waals surface area (Å²) >= 11 is 0. The lowest BCUT2D eigenvalue weighted by Gasteiger charge is -2.08. The molecule has 0 unspecified atom stereocenters. The number of carbonyl (C=O) groups excluding carboxylic acids is 2. The molecule has 0 aliphatic heterocycles. The van der Waals surface area contributed by atoms with Crippen molar-refractivity contribution in [3.05, 3.63) is 42.0 Å². The molecule has 2 N–H and O–H groups in total. The molecule has 1 aromatic carbocycles. The molecule has 0 spiro atoms. The lowest BCUT2D eigenvalue weighted by Crippen LogP contribution is -2.30. The minimum atomic E-state index is -1.02. The van der Waals surface area contributed by atoms with E-state index >= 15 is 0 Å². The number of esters is 1. The van der Waals surface area contributed by atoms with Crippen LogP contribution in [0.25, 0.3) is 6.08 Å². The summed E-state index contributed by atoms with van der Waals surface area (Å²) in [5.41, 5.74) is 5.99. The first-order valence-electron chi connectivity index (χ1n) is 4.79. The van der Waals surface area contributed by atoms with Gasteiger partial charge in [-0.05, 0) is 11.6 Å². The Morgan fingerprint density at radius 3 is 2.44 bits per heavy atom. The Hall–Kier alpha value is -2.10. The van der Waals surface area contributed by atoms with Crippen molar-refractivity contribution in [2.75, 3.05) is 0 Å². The third-order valence-electron chi connectivity index (χ3n) is 1.84. The van der Waals surface area contributed by atoms with Crippen molar-refractivity contribution in [3.63, 3.8) is 0 Å². The Labute approximate surface area is 93.7 Å². The highest BCUT2D eigenvalue weighted by molar-refractivity contribution is 5.84. The molecular formula is C12H13NO3. The molecule has 1 rings (SSSR count). The maximum atomic E-state index is 10.9. The second-order valence-electron chi connectivity index (χ2n) is 3.20. The minimum absolute atomic E-state index is 0.540. The lowest BCUT2D eigenvalue weighted by atomic mass is 10.2. The van der Waals surface area contributed by atoms with Crippen molar-refractivity contribution >= 4 is 18.0 Å². The summed E-state index contributed by atoms with van der Waals surface area (Å²) in [6, 6.07) is 9.34. The number of hydrogen-bond donors (Lipinski definition) is 1. The highest BCUT2D eigenvalue weighted by Gasteiger charge is 2.14. The molecule has 0 bridgehead atoms. The van der Waals surface area contributed by atoms with Gasteiger partial charge in [-0.1, -0.05) is 36.4 Å². The summed E-state index contributed by atoms with van der Waals surface area (Å²) in [7, 11) is 0. The lowest BCUT2D eigenvalue weighted by molar-refractivity contribution is -0.149. The van der Waals surface area contributed by atoms with Gasteiger partial charge in [-0.3, -0.25) is 9.59 Å². The van der Waals surface area contributed by atoms with E-state index in [1.165, 1.54) is 13.0 Å². The SMILES string of the molecule is CC(=O)O[C@H](C=Cc1ccccc1)C(N)=O. The number of primary amides is 1. The number of amides is 1. The number of benzene rings is 1. The zero-order valence-electron chi connectivity index (χ0n) is 8.92. The fourth-order valence-electron chi connectivity index (χ4n) is 1.13. The van der Waals surface area contributed by atoms with Crippen molar-refractivity contribution in [2.24, 2.45) is 5.73 Å². The molecule has 0 aliphatic carbocycles. The van der Waals surface area contributed by atoms with Crippen LogP contribution in [0.5, 0.6) is 0 Å². The van der Waals surface area contributed by atoms with Crippen LogP contribution in [0.1, 0.15) is 12.5 Å². The van der Waals surface area contributed by atoms with Crippen LogP contribution in [0.3, 0.4) is 0 Å². The molecule has 0 saturated carbocycles. The number of ether oxygens (including phenoxy) is 1. The largest absolute Gasteiger partial charge is 0.448 e. The molecule has 0 saturated heterocycles. The monoisotopic (exact) mass is 219 g/mol. The Morgan fingerprint density at radius 2 is 1.94 bits per heavy atom. The van der Waals surface area contributed by atoms with Crippen molar-refractivity contribution in [1.82, 2.24) is 0 Å². The second kappa shape index (κ2) is 5.70. The highest BCUT2D eigenvalue weighted by Crippen LogP contribution is 2.04. The van der Waals surface area contributed by atoms with E-state index in [9.17, 15) is 9.59 Å². The maximum absolute atomic E-state index is 10.9. The van der Waals surface area contributed by atoms with E-state index in [1.54, 1.807) is 6.08 Å². The van der Waals surface area contributed by atoms with E-state index in [4.69, 9.17) is 10.5 Å². The van der Waals surface area contributed by atoms with E-state index in [1.807, 2.05) is 30.3 Å². The summed E-state index contributed by atoms with van der Waals surface area (Å²) in [6.07, 6.45) is 2.12. The molecule has 0 aromatic heterocycles. The smallest absolute Gasteiger partial charge is 0.303 e. The summed E-state index contributed by atoms with van der Waals surface area (Å²) in [5, 5.41) is 0. The van der Waals surface area contributed by atoms with Gasteiger partial charge in [0, 0.05) is 6.92 Å². The normalized spacial score (nSPS) is 12.3. The summed E-state index contributed by atoms with van der Waals surface area (Å²) in [6.45, 7) is 1.23. The molecule has 16 heavy (non-hydrogen) atoms. The highest BCUT2D eigenvalue weighted by atomic mass is 16.5. The first-order valence-corrected chi connectivity index (χ1v) is 4.79. The number of hydrogen-bond acceptors (Lipinski definition) is 3. The fraction of sp³-hybridized carbons (Fsp3) is 0.167. The summed E-state index contributed by atoms with van der Waals surface area (Å²) in [4.78, 5) is 21.7. The average Bonchev–Trinajstić information content (AvgIpc) is 2.25. The van der Waals surface area contributed by atoms with E-state index in [0.29, 0.717) is 0 Å². The van der Waals surface area contributed by atoms with Gasteiger partial charge in [-0.15, -0.1) is 0 Å². The third-order valence-corrected chi connectivity index (χ3v) is 1.84. The molecule has 0 heterocycles. The second-order valence-corrected chi connectivity index (χ2v) is 3.20. The number of nitrogens with two attached hydrogens (primary N) is 1. The Balaban J connectivity index is 2.72. The van der Waals surface area contributed by atoms with Crippen molar-refractivity contribution in [3.8, 4) is 0 Å². The van der Waals surface area contributed by atoms with Gasteiger partial charge in [-0.2, -0.15) is 0 Å². The predicted molar refractivity (Wildman–Crippen MR) is 60.2 cm³/mol.